The summed E-state index contributed by atoms with van der Waals surface area (Å²) < 4.78 is 8.55. The minimum Gasteiger partial charge on any atom is -0.320 e. The molecule has 2 nitrogen and oxygen atoms in total. The van der Waals surface area contributed by atoms with Crippen molar-refractivity contribution in [3.8, 4) is 0 Å². The Kier molecular flexibility index (Phi) is 7.51. The molecule has 5 rings (SSSR count). The van der Waals surface area contributed by atoms with Gasteiger partial charge in [0.15, 0.2) is 12.4 Å². The van der Waals surface area contributed by atoms with Gasteiger partial charge in [0, 0.05) is 12.1 Å². The molecule has 194 valence electrons. The van der Waals surface area contributed by atoms with Crippen molar-refractivity contribution in [2.75, 3.05) is 0 Å². The Balaban J connectivity index is 1.24. The predicted octanol–water partition coefficient (Wildman–Crippen LogP) is 8.36. The largest absolute Gasteiger partial charge is 0.320 e. The molecular formula is C33H52NO+. The summed E-state index contributed by atoms with van der Waals surface area (Å²) in [4.78, 5) is 0. The van der Waals surface area contributed by atoms with Gasteiger partial charge in [0.2, 0.25) is 0 Å². The molecule has 4 aliphatic rings. The van der Waals surface area contributed by atoms with E-state index in [1.807, 2.05) is 0 Å². The molecule has 1 aromatic heterocycles. The van der Waals surface area contributed by atoms with Crippen LogP contribution in [0.15, 0.2) is 42.2 Å². The molecule has 2 heteroatoms. The van der Waals surface area contributed by atoms with E-state index in [1.165, 1.54) is 64.2 Å². The molecule has 0 amide bonds. The number of aromatic nitrogens is 1. The lowest BCUT2D eigenvalue weighted by Gasteiger charge is -2.58. The third-order valence-electron chi connectivity index (χ3n) is 11.5. The standard InChI is InChI=1S/C33H52NO/c1-24(2)10-9-11-25(3)29-14-15-30-28-13-12-26-22-27(35-23-34-20-7-6-8-21-34)16-18-32(26,4)31(28)17-19-33(29,30)5/h6-8,12,20-21,24-25,27-31H,9-11,13-19,22-23H2,1-5H3/q+1/t25-,27+,28+,29-,30+,31-,32+,33-/m1/s1. The second-order valence-corrected chi connectivity index (χ2v) is 13.8. The summed E-state index contributed by atoms with van der Waals surface area (Å²) in [7, 11) is 0. The van der Waals surface area contributed by atoms with Crippen LogP contribution in [-0.4, -0.2) is 6.10 Å². The van der Waals surface area contributed by atoms with E-state index in [9.17, 15) is 0 Å². The molecule has 8 atom stereocenters. The van der Waals surface area contributed by atoms with Gasteiger partial charge in [-0.15, -0.1) is 0 Å². The van der Waals surface area contributed by atoms with Gasteiger partial charge in [0.1, 0.15) is 0 Å². The van der Waals surface area contributed by atoms with Crippen molar-refractivity contribution >= 4 is 0 Å². The summed E-state index contributed by atoms with van der Waals surface area (Å²) in [6.45, 7) is 13.4. The Morgan fingerprint density at radius 2 is 1.74 bits per heavy atom. The first-order valence-corrected chi connectivity index (χ1v) is 15.1. The van der Waals surface area contributed by atoms with E-state index < -0.39 is 0 Å². The average Bonchev–Trinajstić information content (AvgIpc) is 3.20. The molecule has 0 unspecified atom stereocenters. The normalized spacial score (nSPS) is 39.5. The average molecular weight is 479 g/mol. The van der Waals surface area contributed by atoms with E-state index in [2.05, 4.69) is 75.9 Å². The summed E-state index contributed by atoms with van der Waals surface area (Å²) in [5.41, 5.74) is 2.76. The lowest BCUT2D eigenvalue weighted by molar-refractivity contribution is -0.735. The summed E-state index contributed by atoms with van der Waals surface area (Å²) in [5.74, 6) is 5.50. The molecule has 35 heavy (non-hydrogen) atoms. The van der Waals surface area contributed by atoms with Crippen LogP contribution >= 0.6 is 0 Å². The SMILES string of the molecule is CC(C)CCC[C@@H](C)[C@H]1CC[C@H]2[C@@H]3CC=C4C[C@@H](OC[n+]5ccccc5)CC[C@]4(C)[C@@H]3CC[C@]12C. The first kappa shape index (κ1) is 25.5. The lowest BCUT2D eigenvalue weighted by Crippen LogP contribution is -2.51. The lowest BCUT2D eigenvalue weighted by atomic mass is 9.47. The van der Waals surface area contributed by atoms with E-state index in [0.717, 1.165) is 41.9 Å². The maximum atomic E-state index is 6.39. The summed E-state index contributed by atoms with van der Waals surface area (Å²) in [6, 6.07) is 6.24. The third-order valence-corrected chi connectivity index (χ3v) is 11.5. The first-order valence-electron chi connectivity index (χ1n) is 15.1. The van der Waals surface area contributed by atoms with E-state index in [4.69, 9.17) is 4.74 Å². The number of pyridine rings is 1. The fraction of sp³-hybridized carbons (Fsp3) is 0.788. The van der Waals surface area contributed by atoms with Crippen molar-refractivity contribution < 1.29 is 9.30 Å². The molecule has 4 aliphatic carbocycles. The van der Waals surface area contributed by atoms with Crippen LogP contribution in [0.25, 0.3) is 0 Å². The van der Waals surface area contributed by atoms with E-state index in [1.54, 1.807) is 5.57 Å². The molecular weight excluding hydrogens is 426 g/mol. The van der Waals surface area contributed by atoms with Crippen LogP contribution in [0.2, 0.25) is 0 Å². The molecule has 0 N–H and O–H groups in total. The number of nitrogens with zero attached hydrogens (tertiary/aromatic N) is 1. The maximum absolute atomic E-state index is 6.39. The molecule has 0 radical (unpaired) electrons. The number of hydrogen-bond acceptors (Lipinski definition) is 1. The van der Waals surface area contributed by atoms with E-state index in [-0.39, 0.29) is 0 Å². The minimum absolute atomic E-state index is 0.384. The molecule has 0 bridgehead atoms. The van der Waals surface area contributed by atoms with Crippen LogP contribution in [0.4, 0.5) is 0 Å². The first-order chi connectivity index (χ1) is 16.8. The molecule has 0 aliphatic heterocycles. The van der Waals surface area contributed by atoms with Gasteiger partial charge in [-0.2, -0.15) is 4.57 Å². The number of allylic oxidation sites excluding steroid dienone is 1. The highest BCUT2D eigenvalue weighted by atomic mass is 16.5. The van der Waals surface area contributed by atoms with Crippen molar-refractivity contribution in [3.05, 3.63) is 42.2 Å². The Labute approximate surface area is 215 Å². The fourth-order valence-corrected chi connectivity index (χ4v) is 9.51. The van der Waals surface area contributed by atoms with Crippen molar-refractivity contribution in [2.24, 2.45) is 46.3 Å². The van der Waals surface area contributed by atoms with Crippen LogP contribution in [-0.2, 0) is 11.5 Å². The van der Waals surface area contributed by atoms with Gasteiger partial charge < -0.3 is 4.74 Å². The number of fused-ring (bicyclic) bond motifs is 5. The minimum atomic E-state index is 0.384. The van der Waals surface area contributed by atoms with Gasteiger partial charge in [-0.1, -0.05) is 71.6 Å². The van der Waals surface area contributed by atoms with Gasteiger partial charge in [0.25, 0.3) is 6.73 Å². The fourth-order valence-electron chi connectivity index (χ4n) is 9.51. The predicted molar refractivity (Wildman–Crippen MR) is 145 cm³/mol. The van der Waals surface area contributed by atoms with E-state index >= 15 is 0 Å². The molecule has 1 aromatic rings. The Bertz CT molecular complexity index is 876. The second-order valence-electron chi connectivity index (χ2n) is 13.8. The van der Waals surface area contributed by atoms with Crippen molar-refractivity contribution in [1.29, 1.82) is 0 Å². The molecule has 3 fully saturated rings. The van der Waals surface area contributed by atoms with Crippen molar-refractivity contribution in [1.82, 2.24) is 0 Å². The molecule has 0 saturated heterocycles. The van der Waals surface area contributed by atoms with Crippen LogP contribution in [0, 0.1) is 46.3 Å². The summed E-state index contributed by atoms with van der Waals surface area (Å²) in [6.07, 6.45) is 22.6. The smallest absolute Gasteiger partial charge is 0.252 e. The number of rotatable bonds is 8. The monoisotopic (exact) mass is 478 g/mol. The zero-order valence-electron chi connectivity index (χ0n) is 23.3. The molecule has 0 aromatic carbocycles. The van der Waals surface area contributed by atoms with Crippen molar-refractivity contribution in [3.63, 3.8) is 0 Å². The molecule has 3 saturated carbocycles. The van der Waals surface area contributed by atoms with Gasteiger partial charge in [-0.3, -0.25) is 0 Å². The molecule has 1 heterocycles. The highest BCUT2D eigenvalue weighted by Gasteiger charge is 2.59. The van der Waals surface area contributed by atoms with Crippen molar-refractivity contribution in [2.45, 2.75) is 118 Å². The van der Waals surface area contributed by atoms with Gasteiger partial charge in [0.05, 0.1) is 6.10 Å². The number of hydrogen-bond donors (Lipinski definition) is 0. The van der Waals surface area contributed by atoms with Gasteiger partial charge in [-0.05, 0) is 97.7 Å². The number of ether oxygens (including phenoxy) is 1. The third kappa shape index (κ3) is 4.90. The Morgan fingerprint density at radius 1 is 0.943 bits per heavy atom. The van der Waals surface area contributed by atoms with Gasteiger partial charge in [-0.25, -0.2) is 0 Å². The highest BCUT2D eigenvalue weighted by molar-refractivity contribution is 5.25. The quantitative estimate of drug-likeness (QED) is 0.270. The van der Waals surface area contributed by atoms with Crippen LogP contribution in [0.3, 0.4) is 0 Å². The Morgan fingerprint density at radius 3 is 2.51 bits per heavy atom. The Hall–Kier alpha value is -1.15. The maximum Gasteiger partial charge on any atom is 0.252 e. The molecule has 0 spiro atoms. The van der Waals surface area contributed by atoms with Gasteiger partial charge >= 0.3 is 0 Å². The zero-order chi connectivity index (χ0) is 24.6. The van der Waals surface area contributed by atoms with Crippen LogP contribution in [0.1, 0.15) is 105 Å². The van der Waals surface area contributed by atoms with Crippen LogP contribution < -0.4 is 4.57 Å². The summed E-state index contributed by atoms with van der Waals surface area (Å²) in [5, 5.41) is 0. The zero-order valence-corrected chi connectivity index (χ0v) is 23.3. The van der Waals surface area contributed by atoms with Crippen LogP contribution in [0.5, 0.6) is 0 Å². The topological polar surface area (TPSA) is 13.1 Å². The highest BCUT2D eigenvalue weighted by Crippen LogP contribution is 2.67. The van der Waals surface area contributed by atoms with E-state index in [0.29, 0.717) is 23.7 Å². The summed E-state index contributed by atoms with van der Waals surface area (Å²) >= 11 is 0. The second kappa shape index (κ2) is 10.3.